The second kappa shape index (κ2) is 7.40. The summed E-state index contributed by atoms with van der Waals surface area (Å²) in [5, 5.41) is 3.55. The van der Waals surface area contributed by atoms with Gasteiger partial charge in [0.05, 0.1) is 5.52 Å². The predicted octanol–water partition coefficient (Wildman–Crippen LogP) is 3.88. The molecule has 0 aliphatic carbocycles. The van der Waals surface area contributed by atoms with Gasteiger partial charge in [0.1, 0.15) is 5.82 Å². The molecule has 1 N–H and O–H groups in total. The fraction of sp³-hybridized carbons (Fsp3) is 0.467. The van der Waals surface area contributed by atoms with E-state index in [0.717, 1.165) is 12.8 Å². The van der Waals surface area contributed by atoms with Crippen LogP contribution in [0.5, 0.6) is 0 Å². The highest BCUT2D eigenvalue weighted by atomic mass is 19.4. The number of rotatable bonds is 7. The van der Waals surface area contributed by atoms with E-state index in [0.29, 0.717) is 25.1 Å². The lowest BCUT2D eigenvalue weighted by Gasteiger charge is -2.12. The Balaban J connectivity index is 2.13. The van der Waals surface area contributed by atoms with E-state index in [1.807, 2.05) is 6.92 Å². The smallest absolute Gasteiger partial charge is 0.382 e. The second-order valence-electron chi connectivity index (χ2n) is 4.74. The van der Waals surface area contributed by atoms with Crippen LogP contribution < -0.4 is 5.32 Å². The van der Waals surface area contributed by atoms with Crippen molar-refractivity contribution >= 4 is 16.7 Å². The Kier molecular flexibility index (Phi) is 5.54. The van der Waals surface area contributed by atoms with E-state index in [1.165, 1.54) is 0 Å². The molecule has 0 bridgehead atoms. The highest BCUT2D eigenvalue weighted by Gasteiger charge is 2.35. The molecule has 1 heterocycles. The molecule has 1 aromatic heterocycles. The third kappa shape index (κ3) is 4.30. The molecule has 0 saturated carbocycles. The van der Waals surface area contributed by atoms with Crippen molar-refractivity contribution < 1.29 is 17.9 Å². The van der Waals surface area contributed by atoms with E-state index >= 15 is 0 Å². The van der Waals surface area contributed by atoms with E-state index in [2.05, 4.69) is 15.3 Å². The summed E-state index contributed by atoms with van der Waals surface area (Å²) in [6.07, 6.45) is -2.93. The zero-order chi connectivity index (χ0) is 16.0. The number of aromatic nitrogens is 2. The van der Waals surface area contributed by atoms with Gasteiger partial charge in [-0.15, -0.1) is 0 Å². The van der Waals surface area contributed by atoms with Gasteiger partial charge >= 0.3 is 6.18 Å². The number of anilines is 1. The quantitative estimate of drug-likeness (QED) is 0.788. The van der Waals surface area contributed by atoms with E-state index in [-0.39, 0.29) is 11.3 Å². The first kappa shape index (κ1) is 16.5. The highest BCUT2D eigenvalue weighted by Crippen LogP contribution is 2.30. The molecule has 0 radical (unpaired) electrons. The van der Waals surface area contributed by atoms with Crippen LogP contribution in [0.3, 0.4) is 0 Å². The molecule has 0 amide bonds. The van der Waals surface area contributed by atoms with Gasteiger partial charge in [-0.1, -0.05) is 12.1 Å². The van der Waals surface area contributed by atoms with Gasteiger partial charge in [0, 0.05) is 25.1 Å². The Labute approximate surface area is 126 Å². The number of hydrogen-bond donors (Lipinski definition) is 1. The summed E-state index contributed by atoms with van der Waals surface area (Å²) in [6.45, 7) is 3.77. The van der Waals surface area contributed by atoms with Gasteiger partial charge in [0.2, 0.25) is 5.82 Å². The summed E-state index contributed by atoms with van der Waals surface area (Å²) in [5.41, 5.74) is 0.279. The normalized spacial score (nSPS) is 11.8. The second-order valence-corrected chi connectivity index (χ2v) is 4.74. The van der Waals surface area contributed by atoms with Gasteiger partial charge in [-0.3, -0.25) is 0 Å². The van der Waals surface area contributed by atoms with Crippen molar-refractivity contribution in [3.63, 3.8) is 0 Å². The van der Waals surface area contributed by atoms with Crippen LogP contribution in [0.1, 0.15) is 25.6 Å². The van der Waals surface area contributed by atoms with Crippen molar-refractivity contribution in [1.82, 2.24) is 9.97 Å². The topological polar surface area (TPSA) is 47.0 Å². The SMILES string of the molecule is CCOCCCCNc1nc(C(F)(F)F)nc2ccccc12. The van der Waals surface area contributed by atoms with Gasteiger partial charge < -0.3 is 10.1 Å². The van der Waals surface area contributed by atoms with Gasteiger partial charge in [-0.25, -0.2) is 9.97 Å². The van der Waals surface area contributed by atoms with Crippen molar-refractivity contribution in [1.29, 1.82) is 0 Å². The molecular formula is C15H18F3N3O. The Hall–Kier alpha value is -1.89. The molecule has 0 atom stereocenters. The maximum atomic E-state index is 12.9. The molecule has 120 valence electrons. The van der Waals surface area contributed by atoms with Crippen molar-refractivity contribution in [2.75, 3.05) is 25.1 Å². The van der Waals surface area contributed by atoms with Crippen LogP contribution in [-0.4, -0.2) is 29.7 Å². The van der Waals surface area contributed by atoms with E-state index < -0.39 is 12.0 Å². The van der Waals surface area contributed by atoms with Crippen LogP contribution in [0.2, 0.25) is 0 Å². The predicted molar refractivity (Wildman–Crippen MR) is 78.8 cm³/mol. The number of unbranched alkanes of at least 4 members (excludes halogenated alkanes) is 1. The Morgan fingerprint density at radius 1 is 1.14 bits per heavy atom. The van der Waals surface area contributed by atoms with E-state index in [9.17, 15) is 13.2 Å². The van der Waals surface area contributed by atoms with E-state index in [1.54, 1.807) is 24.3 Å². The molecule has 0 aliphatic heterocycles. The van der Waals surface area contributed by atoms with Crippen LogP contribution >= 0.6 is 0 Å². The number of nitrogens with zero attached hydrogens (tertiary/aromatic N) is 2. The summed E-state index contributed by atoms with van der Waals surface area (Å²) in [6, 6.07) is 6.66. The van der Waals surface area contributed by atoms with Crippen LogP contribution in [-0.2, 0) is 10.9 Å². The summed E-state index contributed by atoms with van der Waals surface area (Å²) < 4.78 is 43.8. The van der Waals surface area contributed by atoms with Crippen LogP contribution in [0.25, 0.3) is 10.9 Å². The van der Waals surface area contributed by atoms with Gasteiger partial charge in [0.25, 0.3) is 0 Å². The molecule has 0 fully saturated rings. The molecule has 0 unspecified atom stereocenters. The third-order valence-corrected chi connectivity index (χ3v) is 3.07. The zero-order valence-electron chi connectivity index (χ0n) is 12.3. The number of ether oxygens (including phenoxy) is 1. The molecule has 2 aromatic rings. The fourth-order valence-corrected chi connectivity index (χ4v) is 2.02. The minimum Gasteiger partial charge on any atom is -0.382 e. The summed E-state index contributed by atoms with van der Waals surface area (Å²) in [4.78, 5) is 7.21. The van der Waals surface area contributed by atoms with Gasteiger partial charge in [0.15, 0.2) is 0 Å². The first-order chi connectivity index (χ1) is 10.5. The summed E-state index contributed by atoms with van der Waals surface area (Å²) in [5.74, 6) is -0.905. The number of para-hydroxylation sites is 1. The number of nitrogens with one attached hydrogen (secondary N) is 1. The monoisotopic (exact) mass is 313 g/mol. The third-order valence-electron chi connectivity index (χ3n) is 3.07. The molecule has 0 saturated heterocycles. The number of fused-ring (bicyclic) bond motifs is 1. The van der Waals surface area contributed by atoms with Crippen molar-refractivity contribution in [3.8, 4) is 0 Å². The minimum atomic E-state index is -4.56. The van der Waals surface area contributed by atoms with Gasteiger partial charge in [-0.05, 0) is 31.9 Å². The van der Waals surface area contributed by atoms with Crippen LogP contribution in [0.15, 0.2) is 24.3 Å². The maximum absolute atomic E-state index is 12.9. The fourth-order valence-electron chi connectivity index (χ4n) is 2.02. The molecule has 1 aromatic carbocycles. The Bertz CT molecular complexity index is 616. The number of alkyl halides is 3. The number of halogens is 3. The molecule has 22 heavy (non-hydrogen) atoms. The Morgan fingerprint density at radius 3 is 2.64 bits per heavy atom. The lowest BCUT2D eigenvalue weighted by atomic mass is 10.2. The summed E-state index contributed by atoms with van der Waals surface area (Å²) in [7, 11) is 0. The van der Waals surface area contributed by atoms with Gasteiger partial charge in [-0.2, -0.15) is 13.2 Å². The summed E-state index contributed by atoms with van der Waals surface area (Å²) >= 11 is 0. The van der Waals surface area contributed by atoms with Crippen molar-refractivity contribution in [2.45, 2.75) is 25.9 Å². The maximum Gasteiger partial charge on any atom is 0.451 e. The zero-order valence-corrected chi connectivity index (χ0v) is 12.3. The molecule has 2 rings (SSSR count). The van der Waals surface area contributed by atoms with Crippen molar-refractivity contribution in [2.24, 2.45) is 0 Å². The standard InChI is InChI=1S/C15H18F3N3O/c1-2-22-10-6-5-9-19-13-11-7-3-4-8-12(11)20-14(21-13)15(16,17)18/h3-4,7-8H,2,5-6,9-10H2,1H3,(H,19,20,21). The molecule has 4 nitrogen and oxygen atoms in total. The number of benzene rings is 1. The first-order valence-corrected chi connectivity index (χ1v) is 7.18. The molecule has 0 spiro atoms. The van der Waals surface area contributed by atoms with Crippen molar-refractivity contribution in [3.05, 3.63) is 30.1 Å². The highest BCUT2D eigenvalue weighted by molar-refractivity contribution is 5.89. The lowest BCUT2D eigenvalue weighted by molar-refractivity contribution is -0.144. The molecular weight excluding hydrogens is 295 g/mol. The molecule has 0 aliphatic rings. The van der Waals surface area contributed by atoms with Crippen LogP contribution in [0, 0.1) is 0 Å². The van der Waals surface area contributed by atoms with Crippen LogP contribution in [0.4, 0.5) is 19.0 Å². The average Bonchev–Trinajstić information content (AvgIpc) is 2.49. The van der Waals surface area contributed by atoms with E-state index in [4.69, 9.17) is 4.74 Å². The minimum absolute atomic E-state index is 0.217. The largest absolute Gasteiger partial charge is 0.451 e. The lowest BCUT2D eigenvalue weighted by Crippen LogP contribution is -2.14. The Morgan fingerprint density at radius 2 is 1.91 bits per heavy atom. The first-order valence-electron chi connectivity index (χ1n) is 7.18. The molecule has 7 heteroatoms. The number of hydrogen-bond acceptors (Lipinski definition) is 4. The average molecular weight is 313 g/mol.